The lowest BCUT2D eigenvalue weighted by Gasteiger charge is -2.71. The highest BCUT2D eigenvalue weighted by molar-refractivity contribution is 5.64. The number of hydrogen-bond acceptors (Lipinski definition) is 5. The Balaban J connectivity index is 0.00000148. The summed E-state index contributed by atoms with van der Waals surface area (Å²) in [5, 5.41) is 3.43. The van der Waals surface area contributed by atoms with Gasteiger partial charge in [-0.25, -0.2) is 0 Å². The first-order valence-corrected chi connectivity index (χ1v) is 15.1. The molecular weight excluding hydrogens is 446 g/mol. The standard InChI is InChI=1S/C29H47N3O2.C2H6/c1-19(7-5-4-6-16-33)22-10-11-23-24-13-15-28(30)17-21(32-34)12-14-26(28,2)29(24,31)18-25(20-8-9-20)27(22,23)3;1-2/h4,6,16,19-25H,5,7-15,17-18,30-31H2,1-3H3;1-2H3/b6-4+;. The minimum atomic E-state index is -0.368. The van der Waals surface area contributed by atoms with Crippen LogP contribution in [-0.2, 0) is 4.79 Å². The summed E-state index contributed by atoms with van der Waals surface area (Å²) in [5.74, 6) is 4.12. The molecule has 5 fully saturated rings. The summed E-state index contributed by atoms with van der Waals surface area (Å²) in [6.45, 7) is 11.5. The number of aldehydes is 1. The van der Waals surface area contributed by atoms with Crippen LogP contribution in [0.4, 0.5) is 0 Å². The lowest BCUT2D eigenvalue weighted by atomic mass is 9.37. The fourth-order valence-electron chi connectivity index (χ4n) is 10.4. The van der Waals surface area contributed by atoms with Gasteiger partial charge in [0.05, 0.1) is 6.04 Å². The first-order valence-electron chi connectivity index (χ1n) is 15.1. The van der Waals surface area contributed by atoms with Crippen molar-refractivity contribution in [3.05, 3.63) is 17.1 Å². The zero-order valence-corrected chi connectivity index (χ0v) is 23.7. The van der Waals surface area contributed by atoms with E-state index in [1.165, 1.54) is 25.7 Å². The van der Waals surface area contributed by atoms with Crippen LogP contribution < -0.4 is 11.5 Å². The summed E-state index contributed by atoms with van der Waals surface area (Å²) in [6, 6.07) is -0.142. The molecule has 10 unspecified atom stereocenters. The van der Waals surface area contributed by atoms with Gasteiger partial charge in [0.25, 0.3) is 0 Å². The Hall–Kier alpha value is -1.07. The van der Waals surface area contributed by atoms with Crippen LogP contribution in [0.15, 0.2) is 17.3 Å². The van der Waals surface area contributed by atoms with Crippen LogP contribution in [0.1, 0.15) is 112 Å². The van der Waals surface area contributed by atoms with Crippen molar-refractivity contribution in [3.8, 4) is 0 Å². The summed E-state index contributed by atoms with van der Waals surface area (Å²) in [4.78, 5) is 22.1. The molecule has 0 saturated heterocycles. The van der Waals surface area contributed by atoms with Gasteiger partial charge in [-0.1, -0.05) is 45.9 Å². The van der Waals surface area contributed by atoms with Gasteiger partial charge >= 0.3 is 0 Å². The third-order valence-corrected chi connectivity index (χ3v) is 12.5. The van der Waals surface area contributed by atoms with Crippen molar-refractivity contribution in [2.24, 2.45) is 63.0 Å². The van der Waals surface area contributed by atoms with E-state index in [0.29, 0.717) is 35.5 Å². The van der Waals surface area contributed by atoms with Crippen LogP contribution in [0.2, 0.25) is 0 Å². The number of hydrogen-bond donors (Lipinski definition) is 2. The number of nitrogens with two attached hydrogens (primary N) is 2. The molecule has 5 aliphatic carbocycles. The highest BCUT2D eigenvalue weighted by Gasteiger charge is 2.72. The van der Waals surface area contributed by atoms with E-state index < -0.39 is 0 Å². The van der Waals surface area contributed by atoms with Crippen LogP contribution in [0.3, 0.4) is 0 Å². The predicted molar refractivity (Wildman–Crippen MR) is 148 cm³/mol. The molecule has 36 heavy (non-hydrogen) atoms. The van der Waals surface area contributed by atoms with E-state index >= 15 is 0 Å². The van der Waals surface area contributed by atoms with Crippen LogP contribution in [0, 0.1) is 51.2 Å². The summed E-state index contributed by atoms with van der Waals surface area (Å²) in [6.07, 6.45) is 17.8. The number of carbonyl (C=O) groups excluding carboxylic acids is 1. The second-order valence-electron chi connectivity index (χ2n) is 13.6. The van der Waals surface area contributed by atoms with E-state index in [2.05, 4.69) is 25.9 Å². The molecule has 0 heterocycles. The molecule has 0 amide bonds. The maximum absolute atomic E-state index is 11.4. The van der Waals surface area contributed by atoms with Crippen molar-refractivity contribution >= 4 is 6.29 Å². The summed E-state index contributed by atoms with van der Waals surface area (Å²) >= 11 is 0. The Morgan fingerprint density at radius 3 is 2.31 bits per heavy atom. The van der Waals surface area contributed by atoms with Crippen LogP contribution in [-0.4, -0.2) is 23.4 Å². The molecule has 0 aliphatic heterocycles. The fourth-order valence-corrected chi connectivity index (χ4v) is 10.4. The second kappa shape index (κ2) is 10.2. The molecule has 0 aromatic heterocycles. The maximum atomic E-state index is 11.4. The van der Waals surface area contributed by atoms with Crippen LogP contribution >= 0.6 is 0 Å². The molecule has 0 bridgehead atoms. The molecule has 0 aromatic carbocycles. The third-order valence-electron chi connectivity index (χ3n) is 12.5. The summed E-state index contributed by atoms with van der Waals surface area (Å²) < 4.78 is 0. The van der Waals surface area contributed by atoms with Crippen molar-refractivity contribution in [1.29, 1.82) is 0 Å². The van der Waals surface area contributed by atoms with Gasteiger partial charge in [0.15, 0.2) is 0 Å². The van der Waals surface area contributed by atoms with Gasteiger partial charge in [0.1, 0.15) is 6.29 Å². The number of carbonyl (C=O) groups is 1. The average molecular weight is 500 g/mol. The van der Waals surface area contributed by atoms with E-state index in [1.807, 2.05) is 19.9 Å². The quantitative estimate of drug-likeness (QED) is 0.229. The molecule has 5 heteroatoms. The van der Waals surface area contributed by atoms with Crippen molar-refractivity contribution in [1.82, 2.24) is 0 Å². The number of nitroso groups, excluding NO2 is 1. The smallest absolute Gasteiger partial charge is 0.142 e. The minimum Gasteiger partial charge on any atom is -0.324 e. The normalized spacial score (nSPS) is 48.7. The zero-order chi connectivity index (χ0) is 26.4. The molecule has 5 rings (SSSR count). The Morgan fingerprint density at radius 1 is 0.944 bits per heavy atom. The predicted octanol–water partition coefficient (Wildman–Crippen LogP) is 6.78. The van der Waals surface area contributed by atoms with Crippen LogP contribution in [0.25, 0.3) is 0 Å². The lowest BCUT2D eigenvalue weighted by molar-refractivity contribution is -0.170. The minimum absolute atomic E-state index is 0.123. The average Bonchev–Trinajstić information content (AvgIpc) is 3.65. The van der Waals surface area contributed by atoms with Gasteiger partial charge in [0, 0.05) is 16.5 Å². The number of rotatable bonds is 7. The highest BCUT2D eigenvalue weighted by Crippen LogP contribution is 2.73. The second-order valence-corrected chi connectivity index (χ2v) is 13.6. The van der Waals surface area contributed by atoms with Gasteiger partial charge in [-0.15, -0.1) is 0 Å². The molecule has 4 N–H and O–H groups in total. The molecule has 204 valence electrons. The molecule has 0 spiro atoms. The largest absolute Gasteiger partial charge is 0.324 e. The maximum Gasteiger partial charge on any atom is 0.142 e. The first kappa shape index (κ1) is 28.0. The summed E-state index contributed by atoms with van der Waals surface area (Å²) in [7, 11) is 0. The number of nitrogens with zero attached hydrogens (tertiary/aromatic N) is 1. The highest BCUT2D eigenvalue weighted by atomic mass is 16.3. The molecular formula is C31H53N3O2. The fraction of sp³-hybridized carbons (Fsp3) is 0.903. The number of fused-ring (bicyclic) bond motifs is 5. The topological polar surface area (TPSA) is 98.5 Å². The zero-order valence-electron chi connectivity index (χ0n) is 23.7. The summed E-state index contributed by atoms with van der Waals surface area (Å²) in [5.41, 5.74) is 14.5. The van der Waals surface area contributed by atoms with Crippen molar-refractivity contribution in [3.63, 3.8) is 0 Å². The Kier molecular flexibility index (Phi) is 7.95. The van der Waals surface area contributed by atoms with E-state index in [4.69, 9.17) is 11.5 Å². The first-order chi connectivity index (χ1) is 17.1. The Bertz CT molecular complexity index is 842. The number of allylic oxidation sites excluding steroid dienone is 2. The molecule has 0 aromatic rings. The Morgan fingerprint density at radius 2 is 1.67 bits per heavy atom. The molecule has 5 nitrogen and oxygen atoms in total. The molecule has 5 aliphatic rings. The third kappa shape index (κ3) is 4.06. The van der Waals surface area contributed by atoms with Crippen molar-refractivity contribution < 1.29 is 4.79 Å². The Labute approximate surface area is 220 Å². The van der Waals surface area contributed by atoms with Gasteiger partial charge in [-0.05, 0) is 124 Å². The van der Waals surface area contributed by atoms with Gasteiger partial charge < -0.3 is 11.5 Å². The molecule has 10 atom stereocenters. The van der Waals surface area contributed by atoms with Gasteiger partial charge in [-0.2, -0.15) is 4.91 Å². The van der Waals surface area contributed by atoms with Crippen LogP contribution in [0.5, 0.6) is 0 Å². The van der Waals surface area contributed by atoms with Gasteiger partial charge in [-0.3, -0.25) is 4.79 Å². The van der Waals surface area contributed by atoms with E-state index in [9.17, 15) is 9.70 Å². The molecule has 5 saturated carbocycles. The van der Waals surface area contributed by atoms with Crippen molar-refractivity contribution in [2.75, 3.05) is 0 Å². The SMILES string of the molecule is CC.CC(CC/C=C/C=O)C1CCC2C3CCC4(N)CC(N=O)CCC4(C)C3(N)CC(C3CC3)C12C. The monoisotopic (exact) mass is 499 g/mol. The van der Waals surface area contributed by atoms with E-state index in [0.717, 1.165) is 63.1 Å². The van der Waals surface area contributed by atoms with E-state index in [-0.39, 0.29) is 22.5 Å². The lowest BCUT2D eigenvalue weighted by Crippen LogP contribution is -2.79. The van der Waals surface area contributed by atoms with Gasteiger partial charge in [0.2, 0.25) is 0 Å². The van der Waals surface area contributed by atoms with E-state index in [1.54, 1.807) is 6.08 Å². The molecule has 0 radical (unpaired) electrons. The van der Waals surface area contributed by atoms with Crippen molar-refractivity contribution in [2.45, 2.75) is 129 Å².